The highest BCUT2D eigenvalue weighted by molar-refractivity contribution is 6.35. The normalized spacial score (nSPS) is 18.6. The first-order valence-corrected chi connectivity index (χ1v) is 9.38. The van der Waals surface area contributed by atoms with Crippen LogP contribution in [0.25, 0.3) is 0 Å². The smallest absolute Gasteiger partial charge is 0.325 e. The lowest BCUT2D eigenvalue weighted by molar-refractivity contribution is -0.133. The maximum absolute atomic E-state index is 12.9. The van der Waals surface area contributed by atoms with Gasteiger partial charge in [-0.2, -0.15) is 0 Å². The number of ketones is 1. The van der Waals surface area contributed by atoms with Crippen LogP contribution >= 0.6 is 23.2 Å². The van der Waals surface area contributed by atoms with Gasteiger partial charge in [0.05, 0.1) is 0 Å². The molecular weight excluding hydrogens is 417 g/mol. The number of imide groups is 1. The van der Waals surface area contributed by atoms with Crippen LogP contribution < -0.4 is 10.6 Å². The maximum atomic E-state index is 12.9. The summed E-state index contributed by atoms with van der Waals surface area (Å²) in [6.07, 6.45) is 0. The zero-order valence-corrected chi connectivity index (χ0v) is 17.1. The molecule has 1 atom stereocenters. The van der Waals surface area contributed by atoms with Gasteiger partial charge in [0.25, 0.3) is 5.91 Å². The summed E-state index contributed by atoms with van der Waals surface area (Å²) in [7, 11) is 0. The van der Waals surface area contributed by atoms with Crippen LogP contribution in [0.2, 0.25) is 10.0 Å². The number of benzene rings is 2. The Labute approximate surface area is 177 Å². The second-order valence-electron chi connectivity index (χ2n) is 6.75. The van der Waals surface area contributed by atoms with Crippen LogP contribution in [0.3, 0.4) is 0 Å². The van der Waals surface area contributed by atoms with E-state index >= 15 is 0 Å². The van der Waals surface area contributed by atoms with E-state index in [1.54, 1.807) is 36.4 Å². The van der Waals surface area contributed by atoms with E-state index in [2.05, 4.69) is 10.6 Å². The maximum Gasteiger partial charge on any atom is 0.325 e. The molecule has 3 rings (SSSR count). The minimum Gasteiger partial charge on any atom is -0.325 e. The topological polar surface area (TPSA) is 95.6 Å². The molecule has 1 aliphatic heterocycles. The molecule has 9 heteroatoms. The van der Waals surface area contributed by atoms with Gasteiger partial charge >= 0.3 is 6.03 Å². The van der Waals surface area contributed by atoms with Gasteiger partial charge in [-0.3, -0.25) is 19.3 Å². The van der Waals surface area contributed by atoms with Crippen LogP contribution in [-0.4, -0.2) is 35.1 Å². The molecule has 29 heavy (non-hydrogen) atoms. The summed E-state index contributed by atoms with van der Waals surface area (Å²) in [6, 6.07) is 10.2. The van der Waals surface area contributed by atoms with Crippen LogP contribution in [-0.2, 0) is 15.1 Å². The highest BCUT2D eigenvalue weighted by Crippen LogP contribution is 2.34. The summed E-state index contributed by atoms with van der Waals surface area (Å²) in [5, 5.41) is 5.80. The summed E-state index contributed by atoms with van der Waals surface area (Å²) in [5.74, 6) is -1.26. The van der Waals surface area contributed by atoms with Crippen LogP contribution in [0.4, 0.5) is 10.5 Å². The number of halogens is 2. The minimum absolute atomic E-state index is 0.0950. The number of hydrogen-bond acceptors (Lipinski definition) is 4. The number of carbonyl (C=O) groups excluding carboxylic acids is 4. The summed E-state index contributed by atoms with van der Waals surface area (Å²) in [6.45, 7) is 2.48. The van der Waals surface area contributed by atoms with E-state index in [-0.39, 0.29) is 10.8 Å². The lowest BCUT2D eigenvalue weighted by Gasteiger charge is -2.23. The average molecular weight is 434 g/mol. The van der Waals surface area contributed by atoms with Gasteiger partial charge in [0.2, 0.25) is 5.91 Å². The van der Waals surface area contributed by atoms with Gasteiger partial charge in [-0.05, 0) is 50.2 Å². The number of hydrogen-bond donors (Lipinski definition) is 2. The molecule has 0 saturated carbocycles. The van der Waals surface area contributed by atoms with Gasteiger partial charge in [0, 0.05) is 26.9 Å². The van der Waals surface area contributed by atoms with Crippen LogP contribution in [0, 0.1) is 0 Å². The molecule has 1 heterocycles. The number of nitrogens with one attached hydrogen (secondary N) is 2. The summed E-state index contributed by atoms with van der Waals surface area (Å²) < 4.78 is 0. The van der Waals surface area contributed by atoms with Crippen molar-refractivity contribution in [2.24, 2.45) is 0 Å². The van der Waals surface area contributed by atoms with Gasteiger partial charge < -0.3 is 10.6 Å². The molecule has 0 aliphatic carbocycles. The van der Waals surface area contributed by atoms with Gasteiger partial charge in [-0.1, -0.05) is 29.3 Å². The molecule has 2 N–H and O–H groups in total. The Kier molecular flexibility index (Phi) is 5.64. The standard InChI is InChI=1S/C20H17Cl2N3O4/c1-11(26)12-3-6-14(7-4-12)23-17(27)10-25-18(28)20(2,24-19(25)29)15-8-5-13(21)9-16(15)22/h3-9H,10H2,1-2H3,(H,23,27)(H,24,29). The molecule has 1 unspecified atom stereocenters. The molecule has 1 saturated heterocycles. The highest BCUT2D eigenvalue weighted by atomic mass is 35.5. The molecule has 0 radical (unpaired) electrons. The number of anilines is 1. The van der Waals surface area contributed by atoms with Crippen molar-refractivity contribution < 1.29 is 19.2 Å². The average Bonchev–Trinajstić information content (AvgIpc) is 2.85. The Morgan fingerprint density at radius 1 is 1.10 bits per heavy atom. The molecule has 2 aromatic carbocycles. The van der Waals surface area contributed by atoms with Crippen LogP contribution in [0.15, 0.2) is 42.5 Å². The molecule has 0 spiro atoms. The lowest BCUT2D eigenvalue weighted by Crippen LogP contribution is -2.42. The fraction of sp³-hybridized carbons (Fsp3) is 0.200. The highest BCUT2D eigenvalue weighted by Gasteiger charge is 2.50. The van der Waals surface area contributed by atoms with Gasteiger partial charge in [-0.15, -0.1) is 0 Å². The molecule has 1 fully saturated rings. The molecule has 0 aromatic heterocycles. The molecule has 0 bridgehead atoms. The van der Waals surface area contributed by atoms with E-state index in [1.807, 2.05) is 0 Å². The molecule has 2 aromatic rings. The fourth-order valence-corrected chi connectivity index (χ4v) is 3.65. The second-order valence-corrected chi connectivity index (χ2v) is 7.60. The molecule has 1 aliphatic rings. The number of urea groups is 1. The predicted molar refractivity (Wildman–Crippen MR) is 109 cm³/mol. The van der Waals surface area contributed by atoms with Gasteiger partial charge in [0.15, 0.2) is 5.78 Å². The molecule has 150 valence electrons. The number of carbonyl (C=O) groups is 4. The zero-order chi connectivity index (χ0) is 21.3. The largest absolute Gasteiger partial charge is 0.325 e. The van der Waals surface area contributed by atoms with E-state index in [0.717, 1.165) is 4.90 Å². The molecule has 7 nitrogen and oxygen atoms in total. The lowest BCUT2D eigenvalue weighted by atomic mass is 9.92. The zero-order valence-electron chi connectivity index (χ0n) is 15.6. The van der Waals surface area contributed by atoms with Gasteiger partial charge in [-0.25, -0.2) is 4.79 Å². The Bertz CT molecular complexity index is 1020. The third-order valence-corrected chi connectivity index (χ3v) is 5.17. The molecule has 4 amide bonds. The number of amides is 4. The van der Waals surface area contributed by atoms with E-state index in [4.69, 9.17) is 23.2 Å². The first-order chi connectivity index (χ1) is 13.6. The number of nitrogens with zero attached hydrogens (tertiary/aromatic N) is 1. The van der Waals surface area contributed by atoms with E-state index in [0.29, 0.717) is 21.8 Å². The Morgan fingerprint density at radius 2 is 1.76 bits per heavy atom. The fourth-order valence-electron chi connectivity index (χ4n) is 3.05. The summed E-state index contributed by atoms with van der Waals surface area (Å²) in [4.78, 5) is 49.8. The van der Waals surface area contributed by atoms with E-state index in [9.17, 15) is 19.2 Å². The first-order valence-electron chi connectivity index (χ1n) is 8.62. The van der Waals surface area contributed by atoms with Crippen LogP contribution in [0.1, 0.15) is 29.8 Å². The Hall–Kier alpha value is -2.90. The number of Topliss-reactive ketones (excluding diaryl/α,β-unsaturated/α-hetero) is 1. The quantitative estimate of drug-likeness (QED) is 0.555. The van der Waals surface area contributed by atoms with Gasteiger partial charge in [0.1, 0.15) is 12.1 Å². The van der Waals surface area contributed by atoms with Crippen molar-refractivity contribution in [3.8, 4) is 0 Å². The predicted octanol–water partition coefficient (Wildman–Crippen LogP) is 3.60. The Balaban J connectivity index is 1.74. The third kappa shape index (κ3) is 4.11. The third-order valence-electron chi connectivity index (χ3n) is 4.62. The monoisotopic (exact) mass is 433 g/mol. The first kappa shape index (κ1) is 20.8. The van der Waals surface area contributed by atoms with Crippen molar-refractivity contribution in [2.75, 3.05) is 11.9 Å². The minimum atomic E-state index is -1.41. The van der Waals surface area contributed by atoms with Crippen molar-refractivity contribution >= 4 is 52.5 Å². The molecular formula is C20H17Cl2N3O4. The van der Waals surface area contributed by atoms with Crippen molar-refractivity contribution in [2.45, 2.75) is 19.4 Å². The number of rotatable bonds is 5. The summed E-state index contributed by atoms with van der Waals surface area (Å²) >= 11 is 12.1. The van der Waals surface area contributed by atoms with Crippen LogP contribution in [0.5, 0.6) is 0 Å². The van der Waals surface area contributed by atoms with Crippen molar-refractivity contribution in [3.05, 3.63) is 63.6 Å². The van der Waals surface area contributed by atoms with Crippen molar-refractivity contribution in [3.63, 3.8) is 0 Å². The van der Waals surface area contributed by atoms with E-state index in [1.165, 1.54) is 19.9 Å². The van der Waals surface area contributed by atoms with Crippen molar-refractivity contribution in [1.29, 1.82) is 0 Å². The van der Waals surface area contributed by atoms with E-state index < -0.39 is 29.9 Å². The van der Waals surface area contributed by atoms with Crippen molar-refractivity contribution in [1.82, 2.24) is 10.2 Å². The Morgan fingerprint density at radius 3 is 2.34 bits per heavy atom. The SMILES string of the molecule is CC(=O)c1ccc(NC(=O)CN2C(=O)NC(C)(c3ccc(Cl)cc3Cl)C2=O)cc1. The summed E-state index contributed by atoms with van der Waals surface area (Å²) in [5.41, 5.74) is -0.0877. The second kappa shape index (κ2) is 7.85.